The molecule has 4 nitrogen and oxygen atoms in total. The summed E-state index contributed by atoms with van der Waals surface area (Å²) in [5, 5.41) is 13.5. The van der Waals surface area contributed by atoms with E-state index in [9.17, 15) is 5.26 Å². The standard InChI is InChI=1S/C14H16N4/c1-14(2,9-16)18-13-10(7-15)8-17-12-6-4-3-5-11(12)13/h3-6,8H,9,16H2,1-2H3,(H,17,18). The lowest BCUT2D eigenvalue weighted by atomic mass is 10.0. The number of nitriles is 1. The zero-order valence-electron chi connectivity index (χ0n) is 10.6. The Morgan fingerprint density at radius 1 is 1.39 bits per heavy atom. The van der Waals surface area contributed by atoms with Gasteiger partial charge in [-0.3, -0.25) is 4.98 Å². The molecule has 18 heavy (non-hydrogen) atoms. The molecule has 0 aliphatic carbocycles. The van der Waals surface area contributed by atoms with Gasteiger partial charge in [-0.05, 0) is 19.9 Å². The Morgan fingerprint density at radius 3 is 2.78 bits per heavy atom. The van der Waals surface area contributed by atoms with Crippen molar-refractivity contribution in [2.75, 3.05) is 11.9 Å². The lowest BCUT2D eigenvalue weighted by Gasteiger charge is -2.27. The van der Waals surface area contributed by atoms with Crippen LogP contribution in [0.1, 0.15) is 19.4 Å². The maximum Gasteiger partial charge on any atom is 0.103 e. The molecule has 0 radical (unpaired) electrons. The Hall–Kier alpha value is -2.12. The van der Waals surface area contributed by atoms with E-state index in [1.807, 2.05) is 38.1 Å². The molecule has 0 unspecified atom stereocenters. The number of rotatable bonds is 3. The third-order valence-corrected chi connectivity index (χ3v) is 2.87. The van der Waals surface area contributed by atoms with Crippen LogP contribution in [0.2, 0.25) is 0 Å². The van der Waals surface area contributed by atoms with Crippen LogP contribution < -0.4 is 11.1 Å². The fourth-order valence-electron chi connectivity index (χ4n) is 1.75. The van der Waals surface area contributed by atoms with Crippen molar-refractivity contribution in [3.63, 3.8) is 0 Å². The van der Waals surface area contributed by atoms with Gasteiger partial charge >= 0.3 is 0 Å². The summed E-state index contributed by atoms with van der Waals surface area (Å²) in [5.41, 5.74) is 7.67. The fourth-order valence-corrected chi connectivity index (χ4v) is 1.75. The Labute approximate surface area is 106 Å². The predicted octanol–water partition coefficient (Wildman–Crippen LogP) is 2.26. The van der Waals surface area contributed by atoms with Crippen molar-refractivity contribution in [3.8, 4) is 6.07 Å². The zero-order valence-corrected chi connectivity index (χ0v) is 10.6. The first-order chi connectivity index (χ1) is 8.57. The summed E-state index contributed by atoms with van der Waals surface area (Å²) in [4.78, 5) is 4.27. The van der Waals surface area contributed by atoms with Crippen LogP contribution in [0.4, 0.5) is 5.69 Å². The van der Waals surface area contributed by atoms with Crippen LogP contribution >= 0.6 is 0 Å². The lowest BCUT2D eigenvalue weighted by Crippen LogP contribution is -2.39. The van der Waals surface area contributed by atoms with Crippen LogP contribution in [0.15, 0.2) is 30.5 Å². The first kappa shape index (κ1) is 12.3. The van der Waals surface area contributed by atoms with Gasteiger partial charge in [0.25, 0.3) is 0 Å². The molecule has 0 spiro atoms. The number of anilines is 1. The Kier molecular flexibility index (Phi) is 3.17. The fraction of sp³-hybridized carbons (Fsp3) is 0.286. The molecule has 2 aromatic rings. The molecule has 0 bridgehead atoms. The van der Waals surface area contributed by atoms with Crippen molar-refractivity contribution in [1.82, 2.24) is 4.98 Å². The summed E-state index contributed by atoms with van der Waals surface area (Å²) >= 11 is 0. The molecule has 0 aliphatic heterocycles. The second kappa shape index (κ2) is 4.63. The summed E-state index contributed by atoms with van der Waals surface area (Å²) in [6.07, 6.45) is 1.59. The third-order valence-electron chi connectivity index (χ3n) is 2.87. The van der Waals surface area contributed by atoms with Crippen LogP contribution in [-0.2, 0) is 0 Å². The molecule has 4 heteroatoms. The first-order valence-corrected chi connectivity index (χ1v) is 5.83. The van der Waals surface area contributed by atoms with E-state index in [0.717, 1.165) is 16.6 Å². The van der Waals surface area contributed by atoms with Crippen molar-refractivity contribution in [1.29, 1.82) is 5.26 Å². The number of nitrogens with one attached hydrogen (secondary N) is 1. The summed E-state index contributed by atoms with van der Waals surface area (Å²) in [7, 11) is 0. The van der Waals surface area contributed by atoms with Gasteiger partial charge in [0.15, 0.2) is 0 Å². The van der Waals surface area contributed by atoms with E-state index in [-0.39, 0.29) is 5.54 Å². The van der Waals surface area contributed by atoms with Crippen molar-refractivity contribution in [2.45, 2.75) is 19.4 Å². The molecule has 0 saturated heterocycles. The van der Waals surface area contributed by atoms with E-state index >= 15 is 0 Å². The number of para-hydroxylation sites is 1. The van der Waals surface area contributed by atoms with E-state index in [4.69, 9.17) is 5.73 Å². The molecule has 2 rings (SSSR count). The molecule has 0 atom stereocenters. The zero-order chi connectivity index (χ0) is 13.2. The largest absolute Gasteiger partial charge is 0.377 e. The van der Waals surface area contributed by atoms with Gasteiger partial charge in [0.2, 0.25) is 0 Å². The number of nitrogens with two attached hydrogens (primary N) is 1. The molecular formula is C14H16N4. The number of aromatic nitrogens is 1. The maximum absolute atomic E-state index is 9.19. The van der Waals surface area contributed by atoms with Crippen LogP contribution in [0.5, 0.6) is 0 Å². The second-order valence-electron chi connectivity index (χ2n) is 4.89. The number of nitrogens with zero attached hydrogens (tertiary/aromatic N) is 2. The monoisotopic (exact) mass is 240 g/mol. The SMILES string of the molecule is CC(C)(CN)Nc1c(C#N)cnc2ccccc12. The Bertz CT molecular complexity index is 611. The number of fused-ring (bicyclic) bond motifs is 1. The molecular weight excluding hydrogens is 224 g/mol. The highest BCUT2D eigenvalue weighted by molar-refractivity contribution is 5.94. The van der Waals surface area contributed by atoms with E-state index in [0.29, 0.717) is 12.1 Å². The van der Waals surface area contributed by atoms with Crippen molar-refractivity contribution < 1.29 is 0 Å². The average Bonchev–Trinajstić information content (AvgIpc) is 2.39. The lowest BCUT2D eigenvalue weighted by molar-refractivity contribution is 0.580. The quantitative estimate of drug-likeness (QED) is 0.863. The van der Waals surface area contributed by atoms with Crippen molar-refractivity contribution in [3.05, 3.63) is 36.0 Å². The normalized spacial score (nSPS) is 11.2. The molecule has 1 heterocycles. The van der Waals surface area contributed by atoms with Crippen LogP contribution in [-0.4, -0.2) is 17.1 Å². The minimum atomic E-state index is -0.268. The van der Waals surface area contributed by atoms with Crippen LogP contribution in [0, 0.1) is 11.3 Å². The molecule has 0 amide bonds. The van der Waals surface area contributed by atoms with Gasteiger partial charge in [0, 0.05) is 23.7 Å². The van der Waals surface area contributed by atoms with Crippen LogP contribution in [0.25, 0.3) is 10.9 Å². The summed E-state index contributed by atoms with van der Waals surface area (Å²) in [6.45, 7) is 4.49. The first-order valence-electron chi connectivity index (χ1n) is 5.83. The summed E-state index contributed by atoms with van der Waals surface area (Å²) < 4.78 is 0. The van der Waals surface area contributed by atoms with Gasteiger partial charge in [-0.25, -0.2) is 0 Å². The highest BCUT2D eigenvalue weighted by Crippen LogP contribution is 2.27. The highest BCUT2D eigenvalue weighted by atomic mass is 15.0. The number of hydrogen-bond acceptors (Lipinski definition) is 4. The van der Waals surface area contributed by atoms with Gasteiger partial charge in [-0.1, -0.05) is 18.2 Å². The smallest absolute Gasteiger partial charge is 0.103 e. The van der Waals surface area contributed by atoms with E-state index < -0.39 is 0 Å². The van der Waals surface area contributed by atoms with E-state index in [1.165, 1.54) is 0 Å². The van der Waals surface area contributed by atoms with E-state index in [1.54, 1.807) is 6.20 Å². The highest BCUT2D eigenvalue weighted by Gasteiger charge is 2.18. The minimum absolute atomic E-state index is 0.268. The van der Waals surface area contributed by atoms with Gasteiger partial charge < -0.3 is 11.1 Å². The molecule has 1 aromatic heterocycles. The molecule has 92 valence electrons. The third kappa shape index (κ3) is 2.27. The number of pyridine rings is 1. The molecule has 0 saturated carbocycles. The van der Waals surface area contributed by atoms with Crippen molar-refractivity contribution >= 4 is 16.6 Å². The second-order valence-corrected chi connectivity index (χ2v) is 4.89. The van der Waals surface area contributed by atoms with Crippen molar-refractivity contribution in [2.24, 2.45) is 5.73 Å². The molecule has 0 fully saturated rings. The maximum atomic E-state index is 9.19. The number of benzene rings is 1. The number of hydrogen-bond donors (Lipinski definition) is 2. The predicted molar refractivity (Wildman–Crippen MR) is 73.2 cm³/mol. The molecule has 3 N–H and O–H groups in total. The van der Waals surface area contributed by atoms with Gasteiger partial charge in [-0.2, -0.15) is 5.26 Å². The Balaban J connectivity index is 2.63. The molecule has 0 aliphatic rings. The average molecular weight is 240 g/mol. The minimum Gasteiger partial charge on any atom is -0.377 e. The molecule has 1 aromatic carbocycles. The Morgan fingerprint density at radius 2 is 2.11 bits per heavy atom. The topological polar surface area (TPSA) is 74.7 Å². The summed E-state index contributed by atoms with van der Waals surface area (Å²) in [6, 6.07) is 9.92. The van der Waals surface area contributed by atoms with E-state index in [2.05, 4.69) is 16.4 Å². The van der Waals surface area contributed by atoms with Gasteiger partial charge in [-0.15, -0.1) is 0 Å². The summed E-state index contributed by atoms with van der Waals surface area (Å²) in [5.74, 6) is 0. The van der Waals surface area contributed by atoms with Gasteiger partial charge in [0.1, 0.15) is 6.07 Å². The van der Waals surface area contributed by atoms with Crippen LogP contribution in [0.3, 0.4) is 0 Å². The van der Waals surface area contributed by atoms with Gasteiger partial charge in [0.05, 0.1) is 16.8 Å².